The molecule has 4 aromatic rings. The molecule has 210 valence electrons. The number of hydrogen-bond acceptors (Lipinski definition) is 5. The van der Waals surface area contributed by atoms with Gasteiger partial charge in [0.1, 0.15) is 24.0 Å². The van der Waals surface area contributed by atoms with Gasteiger partial charge in [-0.3, -0.25) is 14.5 Å². The third-order valence-electron chi connectivity index (χ3n) is 6.92. The second-order valence-electron chi connectivity index (χ2n) is 10.4. The number of para-hydroxylation sites is 1. The van der Waals surface area contributed by atoms with Crippen molar-refractivity contribution in [3.05, 3.63) is 118 Å². The van der Waals surface area contributed by atoms with E-state index in [9.17, 15) is 14.9 Å². The summed E-state index contributed by atoms with van der Waals surface area (Å²) in [5.74, 6) is -0.262. The number of nitriles is 1. The molecule has 1 aromatic heterocycles. The molecule has 0 spiro atoms. The molecular weight excluding hydrogens is 548 g/mol. The first kappa shape index (κ1) is 28.6. The monoisotopic (exact) mass is 576 g/mol. The second kappa shape index (κ2) is 12.3. The van der Waals surface area contributed by atoms with Gasteiger partial charge in [0.2, 0.25) is 0 Å². The predicted octanol–water partition coefficient (Wildman–Crippen LogP) is 7.02. The average Bonchev–Trinajstić information content (AvgIpc) is 3.42. The molecule has 0 aliphatic carbocycles. The lowest BCUT2D eigenvalue weighted by atomic mass is 9.92. The van der Waals surface area contributed by atoms with Crippen molar-refractivity contribution in [2.45, 2.75) is 27.4 Å². The lowest BCUT2D eigenvalue weighted by molar-refractivity contribution is -0.141. The predicted molar refractivity (Wildman–Crippen MR) is 163 cm³/mol. The van der Waals surface area contributed by atoms with Crippen molar-refractivity contribution in [3.63, 3.8) is 0 Å². The van der Waals surface area contributed by atoms with E-state index in [1.807, 2.05) is 105 Å². The highest BCUT2D eigenvalue weighted by Gasteiger charge is 2.36. The number of ether oxygens (including phenoxy) is 1. The maximum atomic E-state index is 13.6. The minimum Gasteiger partial charge on any atom is -0.489 e. The number of hydrogen-bond donors (Lipinski definition) is 0. The molecule has 1 aliphatic heterocycles. The molecule has 5 rings (SSSR count). The largest absolute Gasteiger partial charge is 0.489 e. The summed E-state index contributed by atoms with van der Waals surface area (Å²) in [5, 5.41) is 15.3. The van der Waals surface area contributed by atoms with Crippen molar-refractivity contribution in [2.75, 3.05) is 6.54 Å². The zero-order valence-electron chi connectivity index (χ0n) is 23.5. The molecule has 0 saturated carbocycles. The number of aromatic nitrogens is 2. The molecule has 2 heterocycles. The maximum absolute atomic E-state index is 13.6. The quantitative estimate of drug-likeness (QED) is 0.166. The van der Waals surface area contributed by atoms with Crippen molar-refractivity contribution in [1.29, 1.82) is 5.26 Å². The Balaban J connectivity index is 1.55. The second-order valence-corrected chi connectivity index (χ2v) is 10.8. The smallest absolute Gasteiger partial charge is 0.271 e. The van der Waals surface area contributed by atoms with Crippen LogP contribution in [0.5, 0.6) is 5.75 Å². The summed E-state index contributed by atoms with van der Waals surface area (Å²) >= 11 is 6.26. The zero-order valence-corrected chi connectivity index (χ0v) is 24.3. The van der Waals surface area contributed by atoms with E-state index < -0.39 is 11.8 Å². The molecular formula is C34H29ClN4O3. The molecule has 7 nitrogen and oxygen atoms in total. The number of rotatable bonds is 8. The first-order valence-corrected chi connectivity index (χ1v) is 14.0. The van der Waals surface area contributed by atoms with Crippen LogP contribution in [0, 0.1) is 17.2 Å². The summed E-state index contributed by atoms with van der Waals surface area (Å²) in [4.78, 5) is 27.7. The Bertz CT molecular complexity index is 1750. The Morgan fingerprint density at radius 1 is 0.976 bits per heavy atom. The molecule has 2 amide bonds. The molecule has 0 N–H and O–H groups in total. The number of nitrogens with zero attached hydrogens (tertiary/aromatic N) is 4. The number of carbonyl (C=O) groups excluding carboxylic acids is 2. The van der Waals surface area contributed by atoms with Gasteiger partial charge in [0.05, 0.1) is 11.4 Å². The summed E-state index contributed by atoms with van der Waals surface area (Å²) < 4.78 is 7.70. The minimum atomic E-state index is -0.557. The molecule has 8 heteroatoms. The van der Waals surface area contributed by atoms with Crippen LogP contribution in [0.3, 0.4) is 0 Å². The summed E-state index contributed by atoms with van der Waals surface area (Å²) in [7, 11) is 0. The van der Waals surface area contributed by atoms with E-state index in [2.05, 4.69) is 0 Å². The van der Waals surface area contributed by atoms with Gasteiger partial charge in [-0.1, -0.05) is 61.8 Å². The van der Waals surface area contributed by atoms with Crippen LogP contribution in [0.25, 0.3) is 23.0 Å². The van der Waals surface area contributed by atoms with Crippen LogP contribution in [-0.2, 0) is 16.2 Å². The normalized spacial score (nSPS) is 14.6. The van der Waals surface area contributed by atoms with Gasteiger partial charge < -0.3 is 4.74 Å². The van der Waals surface area contributed by atoms with Gasteiger partial charge in [-0.15, -0.1) is 0 Å². The lowest BCUT2D eigenvalue weighted by Crippen LogP contribution is -2.44. The summed E-state index contributed by atoms with van der Waals surface area (Å²) in [6.45, 7) is 6.04. The fraction of sp³-hybridized carbons (Fsp3) is 0.176. The number of benzene rings is 3. The first-order valence-electron chi connectivity index (χ1n) is 13.6. The molecule has 0 unspecified atom stereocenters. The van der Waals surface area contributed by atoms with E-state index in [0.717, 1.165) is 21.7 Å². The lowest BCUT2D eigenvalue weighted by Gasteiger charge is -2.28. The molecule has 0 atom stereocenters. The molecule has 1 aliphatic rings. The third-order valence-corrected chi connectivity index (χ3v) is 7.28. The van der Waals surface area contributed by atoms with Crippen molar-refractivity contribution in [2.24, 2.45) is 5.92 Å². The number of carbonyl (C=O) groups is 2. The van der Waals surface area contributed by atoms with Gasteiger partial charge >= 0.3 is 0 Å². The Morgan fingerprint density at radius 3 is 2.33 bits per heavy atom. The molecule has 0 saturated heterocycles. The van der Waals surface area contributed by atoms with E-state index in [1.165, 1.54) is 0 Å². The summed E-state index contributed by atoms with van der Waals surface area (Å²) in [5.41, 5.74) is 4.47. The number of imide groups is 1. The molecule has 3 aromatic carbocycles. The van der Waals surface area contributed by atoms with Crippen molar-refractivity contribution in [1.82, 2.24) is 14.7 Å². The Kier molecular flexibility index (Phi) is 8.37. The van der Waals surface area contributed by atoms with Gasteiger partial charge in [-0.25, -0.2) is 4.68 Å². The summed E-state index contributed by atoms with van der Waals surface area (Å²) in [6.07, 6.45) is 3.56. The Hall–Kier alpha value is -4.93. The highest BCUT2D eigenvalue weighted by molar-refractivity contribution is 6.31. The number of amides is 2. The minimum absolute atomic E-state index is 0.0291. The summed E-state index contributed by atoms with van der Waals surface area (Å²) in [6, 6.07) is 26.7. The highest BCUT2D eigenvalue weighted by Crippen LogP contribution is 2.32. The van der Waals surface area contributed by atoms with Crippen molar-refractivity contribution < 1.29 is 14.3 Å². The van der Waals surface area contributed by atoms with Crippen LogP contribution in [-0.4, -0.2) is 33.0 Å². The van der Waals surface area contributed by atoms with E-state index >= 15 is 0 Å². The molecule has 42 heavy (non-hydrogen) atoms. The molecule has 0 radical (unpaired) electrons. The fourth-order valence-electron chi connectivity index (χ4n) is 4.73. The van der Waals surface area contributed by atoms with E-state index in [4.69, 9.17) is 21.4 Å². The average molecular weight is 577 g/mol. The highest BCUT2D eigenvalue weighted by atomic mass is 35.5. The Labute approximate surface area is 249 Å². The van der Waals surface area contributed by atoms with Crippen LogP contribution >= 0.6 is 11.6 Å². The fourth-order valence-corrected chi connectivity index (χ4v) is 4.92. The van der Waals surface area contributed by atoms with Gasteiger partial charge in [-0.2, -0.15) is 10.4 Å². The maximum Gasteiger partial charge on any atom is 0.271 e. The van der Waals surface area contributed by atoms with Gasteiger partial charge in [0.25, 0.3) is 11.8 Å². The van der Waals surface area contributed by atoms with Crippen LogP contribution in [0.1, 0.15) is 31.9 Å². The van der Waals surface area contributed by atoms with Crippen molar-refractivity contribution in [3.8, 4) is 28.8 Å². The number of halogens is 1. The van der Waals surface area contributed by atoms with E-state index in [1.54, 1.807) is 17.7 Å². The molecule has 0 fully saturated rings. The van der Waals surface area contributed by atoms with E-state index in [-0.39, 0.29) is 18.0 Å². The SMILES string of the molecule is CC1=C(C#N)C(=O)N(CC(C)C)C(=O)/C1=C/c1cn(-c2ccccc2)nc1-c1ccc(OCc2ccccc2Cl)cc1. The van der Waals surface area contributed by atoms with Crippen molar-refractivity contribution >= 4 is 29.5 Å². The topological polar surface area (TPSA) is 88.2 Å². The van der Waals surface area contributed by atoms with Crippen LogP contribution in [0.4, 0.5) is 0 Å². The van der Waals surface area contributed by atoms with Gasteiger partial charge in [-0.05, 0) is 67.0 Å². The van der Waals surface area contributed by atoms with E-state index in [0.29, 0.717) is 39.8 Å². The van der Waals surface area contributed by atoms with Crippen LogP contribution < -0.4 is 4.74 Å². The van der Waals surface area contributed by atoms with Crippen LogP contribution in [0.2, 0.25) is 5.02 Å². The third kappa shape index (κ3) is 5.90. The zero-order chi connectivity index (χ0) is 29.8. The van der Waals surface area contributed by atoms with Crippen LogP contribution in [0.15, 0.2) is 102 Å². The van der Waals surface area contributed by atoms with Gasteiger partial charge in [0.15, 0.2) is 0 Å². The Morgan fingerprint density at radius 2 is 1.67 bits per heavy atom. The molecule has 0 bridgehead atoms. The first-order chi connectivity index (χ1) is 20.3. The van der Waals surface area contributed by atoms with Gasteiger partial charge in [0, 0.05) is 40.0 Å². The standard InChI is InChI=1S/C34H29ClN4O3/c1-22(2)19-38-33(40)29(23(3)30(18-36)34(38)41)17-26-20-39(27-10-5-4-6-11-27)37-32(26)24-13-15-28(16-14-24)42-21-25-9-7-8-12-31(25)35/h4-17,20,22H,19,21H2,1-3H3/b29-17+.